The van der Waals surface area contributed by atoms with Crippen LogP contribution in [0.4, 0.5) is 0 Å². The van der Waals surface area contributed by atoms with Crippen LogP contribution >= 0.6 is 0 Å². The largest absolute Gasteiger partial charge is 0.465 e. The summed E-state index contributed by atoms with van der Waals surface area (Å²) >= 11 is 0. The molecule has 0 radical (unpaired) electrons. The Bertz CT molecular complexity index is 567. The highest BCUT2D eigenvalue weighted by Crippen LogP contribution is 2.53. The SMILES string of the molecule is C=C[C@@H]1/C(=C2\CCC[C@H]2/C=C/C)CCC1(C(=O)OCC)C(=O)OCC. The molecular weight excluding hydrogens is 316 g/mol. The summed E-state index contributed by atoms with van der Waals surface area (Å²) in [5, 5.41) is 0. The van der Waals surface area contributed by atoms with Crippen molar-refractivity contribution < 1.29 is 19.1 Å². The molecule has 0 bridgehead atoms. The summed E-state index contributed by atoms with van der Waals surface area (Å²) in [6, 6.07) is 0. The Morgan fingerprint density at radius 1 is 1.16 bits per heavy atom. The molecule has 2 fully saturated rings. The molecule has 0 spiro atoms. The molecule has 2 aliphatic carbocycles. The van der Waals surface area contributed by atoms with Crippen LogP contribution < -0.4 is 0 Å². The number of esters is 2. The second-order valence-electron chi connectivity index (χ2n) is 6.70. The lowest BCUT2D eigenvalue weighted by molar-refractivity contribution is -0.173. The summed E-state index contributed by atoms with van der Waals surface area (Å²) in [6.07, 6.45) is 10.5. The number of hydrogen-bond acceptors (Lipinski definition) is 4. The second-order valence-corrected chi connectivity index (χ2v) is 6.70. The summed E-state index contributed by atoms with van der Waals surface area (Å²) < 4.78 is 10.6. The highest BCUT2D eigenvalue weighted by Gasteiger charge is 2.58. The fraction of sp³-hybridized carbons (Fsp3) is 0.619. The molecule has 2 atom stereocenters. The Morgan fingerprint density at radius 3 is 2.32 bits per heavy atom. The topological polar surface area (TPSA) is 52.6 Å². The first kappa shape index (κ1) is 19.5. The third-order valence-corrected chi connectivity index (χ3v) is 5.46. The number of ether oxygens (including phenoxy) is 2. The minimum atomic E-state index is -1.28. The third-order valence-electron chi connectivity index (χ3n) is 5.46. The molecule has 0 aromatic carbocycles. The first-order chi connectivity index (χ1) is 12.1. The maximum atomic E-state index is 12.8. The summed E-state index contributed by atoms with van der Waals surface area (Å²) in [5.74, 6) is -0.891. The zero-order chi connectivity index (χ0) is 18.4. The van der Waals surface area contributed by atoms with E-state index in [9.17, 15) is 9.59 Å². The lowest BCUT2D eigenvalue weighted by Gasteiger charge is -2.30. The fourth-order valence-electron chi connectivity index (χ4n) is 4.42. The van der Waals surface area contributed by atoms with Gasteiger partial charge in [-0.1, -0.05) is 29.4 Å². The van der Waals surface area contributed by atoms with Gasteiger partial charge in [-0.15, -0.1) is 6.58 Å². The average Bonchev–Trinajstić information content (AvgIpc) is 3.19. The molecule has 0 heterocycles. The molecule has 4 nitrogen and oxygen atoms in total. The smallest absolute Gasteiger partial charge is 0.324 e. The highest BCUT2D eigenvalue weighted by atomic mass is 16.6. The molecule has 2 saturated carbocycles. The molecule has 0 amide bonds. The van der Waals surface area contributed by atoms with Crippen LogP contribution in [0.1, 0.15) is 52.9 Å². The Hall–Kier alpha value is -1.84. The van der Waals surface area contributed by atoms with Crippen LogP contribution in [-0.4, -0.2) is 25.2 Å². The zero-order valence-electron chi connectivity index (χ0n) is 15.7. The molecule has 0 unspecified atom stereocenters. The van der Waals surface area contributed by atoms with Gasteiger partial charge in [-0.25, -0.2) is 0 Å². The molecule has 0 aromatic rings. The van der Waals surface area contributed by atoms with Gasteiger partial charge in [-0.2, -0.15) is 0 Å². The lowest BCUT2D eigenvalue weighted by atomic mass is 9.75. The van der Waals surface area contributed by atoms with Gasteiger partial charge in [-0.05, 0) is 58.8 Å². The molecule has 138 valence electrons. The quantitative estimate of drug-likeness (QED) is 0.407. The normalized spacial score (nSPS) is 28.3. The van der Waals surface area contributed by atoms with Crippen LogP contribution in [-0.2, 0) is 19.1 Å². The molecule has 4 heteroatoms. The van der Waals surface area contributed by atoms with Crippen molar-refractivity contribution in [1.82, 2.24) is 0 Å². The van der Waals surface area contributed by atoms with Gasteiger partial charge in [0, 0.05) is 5.92 Å². The van der Waals surface area contributed by atoms with E-state index >= 15 is 0 Å². The predicted octanol–water partition coefficient (Wildman–Crippen LogP) is 4.37. The van der Waals surface area contributed by atoms with E-state index in [-0.39, 0.29) is 19.1 Å². The van der Waals surface area contributed by atoms with Crippen molar-refractivity contribution in [3.8, 4) is 0 Å². The maximum Gasteiger partial charge on any atom is 0.324 e. The van der Waals surface area contributed by atoms with E-state index in [4.69, 9.17) is 9.47 Å². The number of hydrogen-bond donors (Lipinski definition) is 0. The van der Waals surface area contributed by atoms with Gasteiger partial charge < -0.3 is 9.47 Å². The molecule has 0 aromatic heterocycles. The number of carbonyl (C=O) groups is 2. The molecule has 0 N–H and O–H groups in total. The van der Waals surface area contributed by atoms with E-state index in [2.05, 4.69) is 18.7 Å². The minimum absolute atomic E-state index is 0.247. The van der Waals surface area contributed by atoms with Crippen molar-refractivity contribution in [2.24, 2.45) is 17.3 Å². The molecular formula is C21H30O4. The minimum Gasteiger partial charge on any atom is -0.465 e. The van der Waals surface area contributed by atoms with Gasteiger partial charge >= 0.3 is 11.9 Å². The van der Waals surface area contributed by atoms with Gasteiger partial charge in [0.25, 0.3) is 0 Å². The summed E-state index contributed by atoms with van der Waals surface area (Å²) in [5.41, 5.74) is 1.29. The molecule has 2 aliphatic rings. The first-order valence-corrected chi connectivity index (χ1v) is 9.38. The van der Waals surface area contributed by atoms with Crippen molar-refractivity contribution in [2.75, 3.05) is 13.2 Å². The Balaban J connectivity index is 2.50. The van der Waals surface area contributed by atoms with Gasteiger partial charge in [-0.3, -0.25) is 9.59 Å². The molecule has 0 aliphatic heterocycles. The number of carbonyl (C=O) groups excluding carboxylic acids is 2. The second kappa shape index (κ2) is 8.50. The summed E-state index contributed by atoms with van der Waals surface area (Å²) in [4.78, 5) is 25.6. The number of rotatable bonds is 6. The van der Waals surface area contributed by atoms with E-state index in [1.54, 1.807) is 19.9 Å². The zero-order valence-corrected chi connectivity index (χ0v) is 15.7. The van der Waals surface area contributed by atoms with Crippen LogP contribution in [0.25, 0.3) is 0 Å². The van der Waals surface area contributed by atoms with E-state index < -0.39 is 17.4 Å². The van der Waals surface area contributed by atoms with Gasteiger partial charge in [0.1, 0.15) is 0 Å². The standard InChI is InChI=1S/C21H30O4/c1-5-10-15-11-9-12-16(15)17-13-14-21(18(17)6-2,19(22)24-7-3)20(23)25-8-4/h5-6,10,15,18H,2,7-9,11-14H2,1,3-4H3/b10-5+,17-16+/t15-,18-/m1/s1. The van der Waals surface area contributed by atoms with Crippen molar-refractivity contribution in [1.29, 1.82) is 0 Å². The van der Waals surface area contributed by atoms with Crippen molar-refractivity contribution in [3.05, 3.63) is 36.0 Å². The first-order valence-electron chi connectivity index (χ1n) is 9.38. The van der Waals surface area contributed by atoms with Crippen molar-refractivity contribution in [3.63, 3.8) is 0 Å². The van der Waals surface area contributed by atoms with Crippen LogP contribution in [0.15, 0.2) is 36.0 Å². The maximum absolute atomic E-state index is 12.8. The highest BCUT2D eigenvalue weighted by molar-refractivity contribution is 6.02. The van der Waals surface area contributed by atoms with Crippen molar-refractivity contribution in [2.45, 2.75) is 52.9 Å². The van der Waals surface area contributed by atoms with E-state index in [1.165, 1.54) is 11.1 Å². The molecule has 2 rings (SSSR count). The third kappa shape index (κ3) is 3.44. The van der Waals surface area contributed by atoms with E-state index in [0.29, 0.717) is 12.3 Å². The van der Waals surface area contributed by atoms with Gasteiger partial charge in [0.15, 0.2) is 5.41 Å². The van der Waals surface area contributed by atoms with E-state index in [1.807, 2.05) is 6.92 Å². The number of allylic oxidation sites excluding steroid dienone is 5. The lowest BCUT2D eigenvalue weighted by Crippen LogP contribution is -2.44. The average molecular weight is 346 g/mol. The van der Waals surface area contributed by atoms with Crippen LogP contribution in [0, 0.1) is 17.3 Å². The fourth-order valence-corrected chi connectivity index (χ4v) is 4.42. The van der Waals surface area contributed by atoms with Crippen LogP contribution in [0.5, 0.6) is 0 Å². The Labute approximate surface area is 151 Å². The summed E-state index contributed by atoms with van der Waals surface area (Å²) in [6.45, 7) is 9.99. The van der Waals surface area contributed by atoms with Crippen LogP contribution in [0.2, 0.25) is 0 Å². The van der Waals surface area contributed by atoms with Gasteiger partial charge in [0.05, 0.1) is 13.2 Å². The van der Waals surface area contributed by atoms with Crippen LogP contribution in [0.3, 0.4) is 0 Å². The van der Waals surface area contributed by atoms with E-state index in [0.717, 1.165) is 25.7 Å². The molecule has 0 saturated heterocycles. The predicted molar refractivity (Wildman–Crippen MR) is 97.8 cm³/mol. The summed E-state index contributed by atoms with van der Waals surface area (Å²) in [7, 11) is 0. The Kier molecular flexibility index (Phi) is 6.63. The van der Waals surface area contributed by atoms with Gasteiger partial charge in [0.2, 0.25) is 0 Å². The molecule has 25 heavy (non-hydrogen) atoms. The Morgan fingerprint density at radius 2 is 1.80 bits per heavy atom. The monoisotopic (exact) mass is 346 g/mol. The van der Waals surface area contributed by atoms with Crippen molar-refractivity contribution >= 4 is 11.9 Å².